The van der Waals surface area contributed by atoms with Crippen molar-refractivity contribution >= 4 is 17.7 Å². The highest BCUT2D eigenvalue weighted by molar-refractivity contribution is 7.98. The van der Waals surface area contributed by atoms with Gasteiger partial charge in [0.05, 0.1) is 18.8 Å². The van der Waals surface area contributed by atoms with Crippen molar-refractivity contribution in [1.29, 1.82) is 0 Å². The van der Waals surface area contributed by atoms with Gasteiger partial charge in [-0.05, 0) is 32.0 Å². The number of thioether (sulfide) groups is 1. The van der Waals surface area contributed by atoms with Gasteiger partial charge in [0.1, 0.15) is 16.5 Å². The molecule has 6 heteroatoms. The fourth-order valence-corrected chi connectivity index (χ4v) is 2.99. The van der Waals surface area contributed by atoms with Crippen molar-refractivity contribution in [3.63, 3.8) is 0 Å². The van der Waals surface area contributed by atoms with E-state index in [-0.39, 0.29) is 5.56 Å². The molecule has 1 heterocycles. The summed E-state index contributed by atoms with van der Waals surface area (Å²) in [6.07, 6.45) is 1.59. The number of benzene rings is 1. The Kier molecular flexibility index (Phi) is 6.29. The molecule has 0 bridgehead atoms. The summed E-state index contributed by atoms with van der Waals surface area (Å²) in [7, 11) is 0. The zero-order chi connectivity index (χ0) is 16.7. The van der Waals surface area contributed by atoms with Crippen LogP contribution in [0.5, 0.6) is 11.5 Å². The number of carbonyl (C=O) groups is 1. The summed E-state index contributed by atoms with van der Waals surface area (Å²) >= 11 is 1.37. The van der Waals surface area contributed by atoms with Crippen molar-refractivity contribution in [2.75, 3.05) is 13.2 Å². The normalized spacial score (nSPS) is 10.3. The molecule has 0 fully saturated rings. The summed E-state index contributed by atoms with van der Waals surface area (Å²) in [5.74, 6) is 1.10. The molecule has 0 aliphatic carbocycles. The van der Waals surface area contributed by atoms with Gasteiger partial charge in [0.25, 0.3) is 0 Å². The maximum absolute atomic E-state index is 11.2. The van der Waals surface area contributed by atoms with Gasteiger partial charge in [-0.25, -0.2) is 9.78 Å². The zero-order valence-electron chi connectivity index (χ0n) is 13.1. The number of ether oxygens (including phenoxy) is 2. The number of pyridine rings is 1. The molecule has 0 amide bonds. The topological polar surface area (TPSA) is 68.7 Å². The van der Waals surface area contributed by atoms with Gasteiger partial charge >= 0.3 is 5.97 Å². The molecular weight excluding hydrogens is 314 g/mol. The van der Waals surface area contributed by atoms with Gasteiger partial charge in [0.15, 0.2) is 0 Å². The van der Waals surface area contributed by atoms with Gasteiger partial charge in [0, 0.05) is 23.6 Å². The van der Waals surface area contributed by atoms with Crippen LogP contribution in [0.15, 0.2) is 41.6 Å². The van der Waals surface area contributed by atoms with Crippen LogP contribution in [0.3, 0.4) is 0 Å². The predicted molar refractivity (Wildman–Crippen MR) is 89.5 cm³/mol. The Morgan fingerprint density at radius 2 is 2.00 bits per heavy atom. The molecule has 0 radical (unpaired) electrons. The highest BCUT2D eigenvalue weighted by Gasteiger charge is 2.13. The standard InChI is InChI=1S/C17H19NO4S/c1-3-21-13-8-7-12(15(10-13)22-4-2)11-23-16-14(17(19)20)6-5-9-18-16/h5-10H,3-4,11H2,1-2H3,(H,19,20). The third kappa shape index (κ3) is 4.63. The Labute approximate surface area is 139 Å². The first-order chi connectivity index (χ1) is 11.2. The molecular formula is C17H19NO4S. The van der Waals surface area contributed by atoms with E-state index in [9.17, 15) is 9.90 Å². The average Bonchev–Trinajstić information content (AvgIpc) is 2.55. The molecule has 122 valence electrons. The highest BCUT2D eigenvalue weighted by Crippen LogP contribution is 2.31. The molecule has 0 saturated carbocycles. The van der Waals surface area contributed by atoms with Crippen molar-refractivity contribution < 1.29 is 19.4 Å². The smallest absolute Gasteiger partial charge is 0.338 e. The molecule has 23 heavy (non-hydrogen) atoms. The van der Waals surface area contributed by atoms with E-state index in [1.54, 1.807) is 18.3 Å². The molecule has 5 nitrogen and oxygen atoms in total. The van der Waals surface area contributed by atoms with E-state index in [1.165, 1.54) is 11.8 Å². The summed E-state index contributed by atoms with van der Waals surface area (Å²) in [6, 6.07) is 8.86. The Hall–Kier alpha value is -2.21. The van der Waals surface area contributed by atoms with E-state index >= 15 is 0 Å². The Morgan fingerprint density at radius 1 is 1.22 bits per heavy atom. The summed E-state index contributed by atoms with van der Waals surface area (Å²) < 4.78 is 11.1. The van der Waals surface area contributed by atoms with Crippen molar-refractivity contribution in [2.24, 2.45) is 0 Å². The molecule has 2 aromatic rings. The first-order valence-corrected chi connectivity index (χ1v) is 8.33. The molecule has 0 atom stereocenters. The summed E-state index contributed by atoms with van der Waals surface area (Å²) in [5.41, 5.74) is 1.18. The molecule has 1 N–H and O–H groups in total. The van der Waals surface area contributed by atoms with Crippen LogP contribution in [0.4, 0.5) is 0 Å². The second-order valence-corrected chi connectivity index (χ2v) is 5.55. The number of aromatic nitrogens is 1. The van der Waals surface area contributed by atoms with E-state index in [2.05, 4.69) is 4.98 Å². The van der Waals surface area contributed by atoms with Crippen LogP contribution in [-0.4, -0.2) is 29.3 Å². The number of carboxylic acid groups (broad SMARTS) is 1. The lowest BCUT2D eigenvalue weighted by Crippen LogP contribution is -2.01. The minimum absolute atomic E-state index is 0.210. The van der Waals surface area contributed by atoms with E-state index in [1.807, 2.05) is 32.0 Å². The minimum atomic E-state index is -0.975. The second kappa shape index (κ2) is 8.43. The fourth-order valence-electron chi connectivity index (χ4n) is 2.02. The van der Waals surface area contributed by atoms with Gasteiger partial charge < -0.3 is 14.6 Å². The Balaban J connectivity index is 2.18. The molecule has 0 saturated heterocycles. The average molecular weight is 333 g/mol. The van der Waals surface area contributed by atoms with Crippen LogP contribution in [0.2, 0.25) is 0 Å². The van der Waals surface area contributed by atoms with Crippen molar-refractivity contribution in [1.82, 2.24) is 4.98 Å². The Bertz CT molecular complexity index is 675. The first-order valence-electron chi connectivity index (χ1n) is 7.35. The van der Waals surface area contributed by atoms with E-state index in [0.29, 0.717) is 24.0 Å². The predicted octanol–water partition coefficient (Wildman–Crippen LogP) is 3.87. The van der Waals surface area contributed by atoms with Gasteiger partial charge in [-0.15, -0.1) is 11.8 Å². The maximum atomic E-state index is 11.2. The molecule has 2 rings (SSSR count). The van der Waals surface area contributed by atoms with Gasteiger partial charge in [0.2, 0.25) is 0 Å². The number of rotatable bonds is 8. The molecule has 0 aliphatic heterocycles. The van der Waals surface area contributed by atoms with Crippen LogP contribution < -0.4 is 9.47 Å². The summed E-state index contributed by atoms with van der Waals surface area (Å²) in [6.45, 7) is 5.00. The van der Waals surface area contributed by atoms with Gasteiger partial charge in [-0.1, -0.05) is 6.07 Å². The first kappa shape index (κ1) is 17.1. The van der Waals surface area contributed by atoms with Gasteiger partial charge in [-0.3, -0.25) is 0 Å². The maximum Gasteiger partial charge on any atom is 0.338 e. The fraction of sp³-hybridized carbons (Fsp3) is 0.294. The lowest BCUT2D eigenvalue weighted by molar-refractivity contribution is 0.0692. The van der Waals surface area contributed by atoms with E-state index in [4.69, 9.17) is 9.47 Å². The third-order valence-corrected chi connectivity index (χ3v) is 4.07. The van der Waals surface area contributed by atoms with Crippen LogP contribution in [0.1, 0.15) is 29.8 Å². The Morgan fingerprint density at radius 3 is 2.70 bits per heavy atom. The third-order valence-electron chi connectivity index (χ3n) is 3.02. The second-order valence-electron chi connectivity index (χ2n) is 4.59. The molecule has 0 aliphatic rings. The number of nitrogens with zero attached hydrogens (tertiary/aromatic N) is 1. The van der Waals surface area contributed by atoms with E-state index in [0.717, 1.165) is 17.1 Å². The van der Waals surface area contributed by atoms with Gasteiger partial charge in [-0.2, -0.15) is 0 Å². The lowest BCUT2D eigenvalue weighted by Gasteiger charge is -2.12. The quantitative estimate of drug-likeness (QED) is 0.740. The lowest BCUT2D eigenvalue weighted by atomic mass is 10.2. The monoisotopic (exact) mass is 333 g/mol. The van der Waals surface area contributed by atoms with E-state index < -0.39 is 5.97 Å². The van der Waals surface area contributed by atoms with Crippen LogP contribution in [0, 0.1) is 0 Å². The molecule has 0 spiro atoms. The minimum Gasteiger partial charge on any atom is -0.494 e. The number of aromatic carboxylic acids is 1. The largest absolute Gasteiger partial charge is 0.494 e. The SMILES string of the molecule is CCOc1ccc(CSc2ncccc2C(=O)O)c(OCC)c1. The van der Waals surface area contributed by atoms with Crippen molar-refractivity contribution in [3.05, 3.63) is 47.7 Å². The van der Waals surface area contributed by atoms with Crippen molar-refractivity contribution in [3.8, 4) is 11.5 Å². The molecule has 1 aromatic carbocycles. The molecule has 1 aromatic heterocycles. The van der Waals surface area contributed by atoms with Crippen LogP contribution in [-0.2, 0) is 5.75 Å². The van der Waals surface area contributed by atoms with Crippen LogP contribution in [0.25, 0.3) is 0 Å². The number of carboxylic acids is 1. The highest BCUT2D eigenvalue weighted by atomic mass is 32.2. The molecule has 0 unspecified atom stereocenters. The van der Waals surface area contributed by atoms with Crippen molar-refractivity contribution in [2.45, 2.75) is 24.6 Å². The zero-order valence-corrected chi connectivity index (χ0v) is 13.9. The summed E-state index contributed by atoms with van der Waals surface area (Å²) in [4.78, 5) is 15.4. The summed E-state index contributed by atoms with van der Waals surface area (Å²) in [5, 5.41) is 9.70. The number of hydrogen-bond acceptors (Lipinski definition) is 5. The van der Waals surface area contributed by atoms with Crippen LogP contribution >= 0.6 is 11.8 Å². The number of hydrogen-bond donors (Lipinski definition) is 1.